The molecule has 4 heteroatoms. The van der Waals surface area contributed by atoms with Crippen LogP contribution >= 0.6 is 11.8 Å². The summed E-state index contributed by atoms with van der Waals surface area (Å²) in [7, 11) is 4.53. The van der Waals surface area contributed by atoms with Crippen LogP contribution in [0.1, 0.15) is 26.2 Å². The Labute approximate surface area is 110 Å². The number of nitrogens with two attached hydrogens (primary N) is 1. The molecule has 3 nitrogen and oxygen atoms in total. The smallest absolute Gasteiger partial charge is 0.0432 e. The van der Waals surface area contributed by atoms with Gasteiger partial charge in [-0.1, -0.05) is 6.92 Å². The zero-order valence-corrected chi connectivity index (χ0v) is 12.3. The lowest BCUT2D eigenvalue weighted by atomic mass is 9.90. The zero-order chi connectivity index (χ0) is 12.5. The van der Waals surface area contributed by atoms with Crippen molar-refractivity contribution in [2.75, 3.05) is 39.5 Å². The quantitative estimate of drug-likeness (QED) is 0.824. The molecule has 2 aliphatic rings. The first-order valence-corrected chi connectivity index (χ1v) is 7.85. The summed E-state index contributed by atoms with van der Waals surface area (Å²) in [6.07, 6.45) is 3.86. The Morgan fingerprint density at radius 3 is 2.53 bits per heavy atom. The van der Waals surface area contributed by atoms with Crippen molar-refractivity contribution in [3.8, 4) is 0 Å². The van der Waals surface area contributed by atoms with Gasteiger partial charge in [0.2, 0.25) is 0 Å². The molecule has 17 heavy (non-hydrogen) atoms. The van der Waals surface area contributed by atoms with E-state index in [1.807, 2.05) is 0 Å². The molecule has 0 saturated carbocycles. The second-order valence-electron chi connectivity index (χ2n) is 5.90. The van der Waals surface area contributed by atoms with E-state index in [1.165, 1.54) is 38.1 Å². The fraction of sp³-hybridized carbons (Fsp3) is 1.00. The maximum absolute atomic E-state index is 6.10. The van der Waals surface area contributed by atoms with Crippen LogP contribution in [0, 0.1) is 0 Å². The Balaban J connectivity index is 2.00. The third-order valence-electron chi connectivity index (χ3n) is 4.67. The van der Waals surface area contributed by atoms with Crippen LogP contribution in [0.4, 0.5) is 0 Å². The normalized spacial score (nSPS) is 36.9. The fourth-order valence-corrected chi connectivity index (χ4v) is 4.71. The van der Waals surface area contributed by atoms with Gasteiger partial charge in [-0.3, -0.25) is 4.90 Å². The number of hydrogen-bond donors (Lipinski definition) is 1. The van der Waals surface area contributed by atoms with E-state index in [1.54, 1.807) is 0 Å². The molecule has 2 saturated heterocycles. The van der Waals surface area contributed by atoms with Crippen molar-refractivity contribution in [1.29, 1.82) is 0 Å². The molecule has 0 aromatic rings. The molecular weight excluding hydrogens is 230 g/mol. The molecule has 2 rings (SSSR count). The Bertz CT molecular complexity index is 253. The van der Waals surface area contributed by atoms with Crippen LogP contribution in [-0.2, 0) is 0 Å². The van der Waals surface area contributed by atoms with Crippen LogP contribution in [0.3, 0.4) is 0 Å². The Hall–Kier alpha value is 0.230. The standard InChI is InChI=1S/C13H27N3S/c1-11-8-13(9-14,10-17-11)16(3)12-4-6-15(2)7-5-12/h11-12H,4-10,14H2,1-3H3. The summed E-state index contributed by atoms with van der Waals surface area (Å²) in [6, 6.07) is 0.737. The van der Waals surface area contributed by atoms with Gasteiger partial charge in [-0.2, -0.15) is 11.8 Å². The average Bonchev–Trinajstić information content (AvgIpc) is 2.72. The van der Waals surface area contributed by atoms with Crippen LogP contribution in [0.2, 0.25) is 0 Å². The van der Waals surface area contributed by atoms with Crippen molar-refractivity contribution >= 4 is 11.8 Å². The lowest BCUT2D eigenvalue weighted by molar-refractivity contribution is 0.0564. The predicted octanol–water partition coefficient (Wildman–Crippen LogP) is 1.24. The van der Waals surface area contributed by atoms with E-state index in [-0.39, 0.29) is 5.54 Å². The topological polar surface area (TPSA) is 32.5 Å². The molecule has 2 fully saturated rings. The third kappa shape index (κ3) is 2.80. The van der Waals surface area contributed by atoms with Gasteiger partial charge in [-0.05, 0) is 46.4 Å². The summed E-state index contributed by atoms with van der Waals surface area (Å²) in [6.45, 7) is 5.62. The van der Waals surface area contributed by atoms with E-state index in [2.05, 4.69) is 42.6 Å². The first kappa shape index (κ1) is 13.7. The van der Waals surface area contributed by atoms with Gasteiger partial charge in [0, 0.05) is 29.1 Å². The van der Waals surface area contributed by atoms with Crippen molar-refractivity contribution in [1.82, 2.24) is 9.80 Å². The van der Waals surface area contributed by atoms with E-state index in [0.29, 0.717) is 0 Å². The van der Waals surface area contributed by atoms with E-state index < -0.39 is 0 Å². The molecule has 2 heterocycles. The first-order valence-electron chi connectivity index (χ1n) is 6.80. The lowest BCUT2D eigenvalue weighted by Crippen LogP contribution is -2.58. The van der Waals surface area contributed by atoms with E-state index in [4.69, 9.17) is 5.73 Å². The molecule has 0 bridgehead atoms. The third-order valence-corrected chi connectivity index (χ3v) is 6.11. The summed E-state index contributed by atoms with van der Waals surface area (Å²) < 4.78 is 0. The minimum atomic E-state index is 0.269. The Kier molecular flexibility index (Phi) is 4.40. The average molecular weight is 257 g/mol. The molecule has 0 amide bonds. The molecule has 0 aliphatic carbocycles. The predicted molar refractivity (Wildman–Crippen MR) is 76.6 cm³/mol. The summed E-state index contributed by atoms with van der Waals surface area (Å²) in [4.78, 5) is 5.06. The highest BCUT2D eigenvalue weighted by molar-refractivity contribution is 8.00. The molecule has 2 unspecified atom stereocenters. The molecule has 2 N–H and O–H groups in total. The largest absolute Gasteiger partial charge is 0.329 e. The Morgan fingerprint density at radius 2 is 2.06 bits per heavy atom. The van der Waals surface area contributed by atoms with Crippen molar-refractivity contribution in [2.45, 2.75) is 43.0 Å². The molecule has 100 valence electrons. The van der Waals surface area contributed by atoms with Gasteiger partial charge in [-0.25, -0.2) is 0 Å². The summed E-state index contributed by atoms with van der Waals surface area (Å²) in [5.74, 6) is 1.22. The van der Waals surface area contributed by atoms with E-state index >= 15 is 0 Å². The van der Waals surface area contributed by atoms with Crippen LogP contribution in [0.25, 0.3) is 0 Å². The molecule has 0 aromatic heterocycles. The molecule has 0 radical (unpaired) electrons. The van der Waals surface area contributed by atoms with E-state index in [9.17, 15) is 0 Å². The number of likely N-dealkylation sites (N-methyl/N-ethyl adjacent to an activating group) is 1. The van der Waals surface area contributed by atoms with Crippen LogP contribution in [-0.4, -0.2) is 66.1 Å². The van der Waals surface area contributed by atoms with Gasteiger partial charge in [0.25, 0.3) is 0 Å². The van der Waals surface area contributed by atoms with Gasteiger partial charge in [0.05, 0.1) is 0 Å². The monoisotopic (exact) mass is 257 g/mol. The van der Waals surface area contributed by atoms with Crippen molar-refractivity contribution in [3.05, 3.63) is 0 Å². The number of piperidine rings is 1. The molecule has 0 aromatic carbocycles. The fourth-order valence-electron chi connectivity index (χ4n) is 3.25. The number of thioether (sulfide) groups is 1. The SMILES string of the molecule is CC1CC(CN)(N(C)C2CCN(C)CC2)CS1. The maximum Gasteiger partial charge on any atom is 0.0432 e. The Morgan fingerprint density at radius 1 is 1.41 bits per heavy atom. The van der Waals surface area contributed by atoms with E-state index in [0.717, 1.165) is 17.8 Å². The van der Waals surface area contributed by atoms with Gasteiger partial charge < -0.3 is 10.6 Å². The van der Waals surface area contributed by atoms with Crippen LogP contribution in [0.5, 0.6) is 0 Å². The minimum Gasteiger partial charge on any atom is -0.329 e. The van der Waals surface area contributed by atoms with Gasteiger partial charge >= 0.3 is 0 Å². The van der Waals surface area contributed by atoms with Gasteiger partial charge in [-0.15, -0.1) is 0 Å². The summed E-state index contributed by atoms with van der Waals surface area (Å²) >= 11 is 2.09. The lowest BCUT2D eigenvalue weighted by Gasteiger charge is -2.45. The number of likely N-dealkylation sites (tertiary alicyclic amines) is 1. The highest BCUT2D eigenvalue weighted by Gasteiger charge is 2.43. The highest BCUT2D eigenvalue weighted by atomic mass is 32.2. The molecular formula is C13H27N3S. The van der Waals surface area contributed by atoms with Crippen molar-refractivity contribution in [2.24, 2.45) is 5.73 Å². The number of rotatable bonds is 3. The second kappa shape index (κ2) is 5.47. The van der Waals surface area contributed by atoms with Crippen LogP contribution in [0.15, 0.2) is 0 Å². The molecule has 2 aliphatic heterocycles. The number of hydrogen-bond acceptors (Lipinski definition) is 4. The number of nitrogens with zero attached hydrogens (tertiary/aromatic N) is 2. The summed E-state index contributed by atoms with van der Waals surface area (Å²) in [5, 5.41) is 0.771. The van der Waals surface area contributed by atoms with Crippen molar-refractivity contribution in [3.63, 3.8) is 0 Å². The molecule has 0 spiro atoms. The second-order valence-corrected chi connectivity index (χ2v) is 7.33. The maximum atomic E-state index is 6.10. The molecule has 2 atom stereocenters. The van der Waals surface area contributed by atoms with Crippen molar-refractivity contribution < 1.29 is 0 Å². The first-order chi connectivity index (χ1) is 8.07. The minimum absolute atomic E-state index is 0.269. The summed E-state index contributed by atoms with van der Waals surface area (Å²) in [5.41, 5.74) is 6.37. The van der Waals surface area contributed by atoms with Gasteiger partial charge in [0.15, 0.2) is 0 Å². The van der Waals surface area contributed by atoms with Crippen LogP contribution < -0.4 is 5.73 Å². The van der Waals surface area contributed by atoms with Gasteiger partial charge in [0.1, 0.15) is 0 Å². The zero-order valence-electron chi connectivity index (χ0n) is 11.5. The highest BCUT2D eigenvalue weighted by Crippen LogP contribution is 2.39.